The third kappa shape index (κ3) is 6.43. The molecule has 1 aromatic heterocycles. The minimum atomic E-state index is -0.663. The molecule has 2 fully saturated rings. The lowest BCUT2D eigenvalue weighted by atomic mass is 10.1. The van der Waals surface area contributed by atoms with E-state index in [2.05, 4.69) is 48.5 Å². The van der Waals surface area contributed by atoms with E-state index in [1.54, 1.807) is 28.8 Å². The maximum atomic E-state index is 15.8. The van der Waals surface area contributed by atoms with E-state index in [9.17, 15) is 4.79 Å². The van der Waals surface area contributed by atoms with Gasteiger partial charge in [0.05, 0.1) is 66.7 Å². The van der Waals surface area contributed by atoms with E-state index in [1.807, 2.05) is 0 Å². The summed E-state index contributed by atoms with van der Waals surface area (Å²) in [6.45, 7) is 4.51. The van der Waals surface area contributed by atoms with E-state index < -0.39 is 11.7 Å². The molecule has 11 heteroatoms. The fourth-order valence-electron chi connectivity index (χ4n) is 3.94. The van der Waals surface area contributed by atoms with Crippen LogP contribution in [0.2, 0.25) is 5.02 Å². The molecule has 5 rings (SSSR count). The summed E-state index contributed by atoms with van der Waals surface area (Å²) in [7, 11) is 0. The van der Waals surface area contributed by atoms with Gasteiger partial charge in [-0.3, -0.25) is 14.5 Å². The number of ether oxygens (including phenoxy) is 1. The van der Waals surface area contributed by atoms with Crippen LogP contribution in [0.3, 0.4) is 0 Å². The zero-order valence-electron chi connectivity index (χ0n) is 20.0. The summed E-state index contributed by atoms with van der Waals surface area (Å²) in [6.07, 6.45) is 3.69. The number of hydroxylamine groups is 1. The number of aromatic nitrogens is 2. The first-order valence-corrected chi connectivity index (χ1v) is 13.2. The van der Waals surface area contributed by atoms with Crippen molar-refractivity contribution in [2.24, 2.45) is 5.92 Å². The molecule has 1 aliphatic carbocycles. The van der Waals surface area contributed by atoms with Crippen LogP contribution in [0, 0.1) is 23.6 Å². The van der Waals surface area contributed by atoms with Crippen LogP contribution in [0.1, 0.15) is 23.2 Å². The number of morpholine rings is 1. The number of carbonyl (C=O) groups excluding carboxylic acids is 1. The predicted molar refractivity (Wildman–Crippen MR) is 143 cm³/mol. The van der Waals surface area contributed by atoms with E-state index in [1.165, 1.54) is 6.33 Å². The second kappa shape index (κ2) is 11.8. The second-order valence-corrected chi connectivity index (χ2v) is 10.4. The molecule has 0 radical (unpaired) electrons. The number of hydrogen-bond donors (Lipinski definition) is 2. The first-order chi connectivity index (χ1) is 18.0. The van der Waals surface area contributed by atoms with Gasteiger partial charge >= 0.3 is 0 Å². The van der Waals surface area contributed by atoms with Gasteiger partial charge in [-0.05, 0) is 43.0 Å². The predicted octanol–water partition coefficient (Wildman–Crippen LogP) is 4.74. The van der Waals surface area contributed by atoms with E-state index in [0.29, 0.717) is 55.1 Å². The van der Waals surface area contributed by atoms with Crippen molar-refractivity contribution in [1.29, 1.82) is 0 Å². The van der Waals surface area contributed by atoms with Gasteiger partial charge in [-0.2, -0.15) is 0 Å². The molecule has 1 saturated heterocycles. The monoisotopic (exact) mass is 589 g/mol. The van der Waals surface area contributed by atoms with Crippen LogP contribution in [-0.2, 0) is 16.1 Å². The van der Waals surface area contributed by atoms with Crippen molar-refractivity contribution in [3.8, 4) is 11.8 Å². The molecule has 0 atom stereocenters. The Morgan fingerprint density at radius 2 is 2.03 bits per heavy atom. The Kier molecular flexibility index (Phi) is 8.27. The zero-order valence-corrected chi connectivity index (χ0v) is 22.4. The molecule has 194 valence electrons. The average molecular weight is 591 g/mol. The van der Waals surface area contributed by atoms with Crippen molar-refractivity contribution in [1.82, 2.24) is 19.9 Å². The number of rotatable bonds is 8. The van der Waals surface area contributed by atoms with Crippen LogP contribution >= 0.6 is 27.5 Å². The van der Waals surface area contributed by atoms with Crippen LogP contribution in [0.25, 0.3) is 11.0 Å². The molecule has 0 spiro atoms. The molecule has 0 bridgehead atoms. The quantitative estimate of drug-likeness (QED) is 0.291. The highest BCUT2D eigenvalue weighted by atomic mass is 79.9. The number of imidazole rings is 1. The average Bonchev–Trinajstić information content (AvgIpc) is 3.63. The molecule has 1 aliphatic heterocycles. The van der Waals surface area contributed by atoms with Gasteiger partial charge in [0.2, 0.25) is 0 Å². The van der Waals surface area contributed by atoms with E-state index >= 15 is 4.39 Å². The Balaban J connectivity index is 1.43. The summed E-state index contributed by atoms with van der Waals surface area (Å²) in [5.74, 6) is 5.50. The minimum absolute atomic E-state index is 0.0344. The molecule has 37 heavy (non-hydrogen) atoms. The fourth-order valence-corrected chi connectivity index (χ4v) is 4.66. The van der Waals surface area contributed by atoms with Gasteiger partial charge in [0.15, 0.2) is 5.82 Å². The molecule has 8 nitrogen and oxygen atoms in total. The zero-order chi connectivity index (χ0) is 25.8. The normalized spacial score (nSPS) is 15.9. The molecule has 1 saturated carbocycles. The molecular weight excluding hydrogens is 565 g/mol. The van der Waals surface area contributed by atoms with Crippen molar-refractivity contribution in [2.45, 2.75) is 19.4 Å². The van der Waals surface area contributed by atoms with Gasteiger partial charge in [-0.1, -0.05) is 39.4 Å². The van der Waals surface area contributed by atoms with Crippen molar-refractivity contribution in [3.05, 3.63) is 51.5 Å². The lowest BCUT2D eigenvalue weighted by molar-refractivity contribution is 0.0271. The molecule has 3 aromatic rings. The summed E-state index contributed by atoms with van der Waals surface area (Å²) in [4.78, 5) is 25.0. The lowest BCUT2D eigenvalue weighted by Crippen LogP contribution is -2.36. The lowest BCUT2D eigenvalue weighted by Gasteiger charge is -2.24. The number of fused-ring (bicyclic) bond motifs is 1. The molecule has 2 N–H and O–H groups in total. The number of hydrogen-bond acceptors (Lipinski definition) is 6. The molecule has 2 aromatic carbocycles. The molecule has 2 aliphatic rings. The number of benzene rings is 2. The fraction of sp³-hybridized carbons (Fsp3) is 0.385. The Morgan fingerprint density at radius 1 is 1.24 bits per heavy atom. The van der Waals surface area contributed by atoms with Crippen LogP contribution in [0.5, 0.6) is 0 Å². The summed E-state index contributed by atoms with van der Waals surface area (Å²) in [6, 6.07) is 6.75. The summed E-state index contributed by atoms with van der Waals surface area (Å²) in [5, 5.41) is 3.35. The van der Waals surface area contributed by atoms with Crippen LogP contribution < -0.4 is 10.8 Å². The van der Waals surface area contributed by atoms with Crippen molar-refractivity contribution >= 4 is 55.8 Å². The van der Waals surface area contributed by atoms with Gasteiger partial charge in [0.1, 0.15) is 5.52 Å². The Hall–Kier alpha value is -2.68. The molecular formula is C26H26BrClFN5O3. The first kappa shape index (κ1) is 25.9. The smallest absolute Gasteiger partial charge is 0.277 e. The number of nitrogens with one attached hydrogen (secondary N) is 2. The maximum absolute atomic E-state index is 15.8. The van der Waals surface area contributed by atoms with Gasteiger partial charge in [0, 0.05) is 17.6 Å². The minimum Gasteiger partial charge on any atom is -0.379 e. The molecule has 0 unspecified atom stereocenters. The number of amides is 1. The highest BCUT2D eigenvalue weighted by Crippen LogP contribution is 2.34. The van der Waals surface area contributed by atoms with Crippen LogP contribution in [-0.4, -0.2) is 59.8 Å². The van der Waals surface area contributed by atoms with E-state index in [0.717, 1.165) is 30.4 Å². The number of carbonyl (C=O) groups is 1. The Morgan fingerprint density at radius 3 is 2.78 bits per heavy atom. The standard InChI is InChI=1S/C26H26BrClFN5O3/c27-18-5-6-21(20(28)13-18)31-24-19(26(35)32-37-15-17-3-4-17)14-22-25(23(24)29)30-16-34(22)8-2-1-7-33-9-11-36-12-10-33/h5-6,13-14,16-17,31H,3-4,7-12,15H2,(H,32,35). The van der Waals surface area contributed by atoms with Gasteiger partial charge < -0.3 is 14.6 Å². The first-order valence-electron chi connectivity index (χ1n) is 12.1. The highest BCUT2D eigenvalue weighted by Gasteiger charge is 2.25. The SMILES string of the molecule is O=C(NOCC1CC1)c1cc2c(ncn2CC#CCN2CCOCC2)c(F)c1Nc1ccc(Br)cc1Cl. The number of nitrogens with zero attached hydrogens (tertiary/aromatic N) is 3. The maximum Gasteiger partial charge on any atom is 0.277 e. The van der Waals surface area contributed by atoms with E-state index in [-0.39, 0.29) is 16.8 Å². The van der Waals surface area contributed by atoms with Crippen molar-refractivity contribution < 1.29 is 18.8 Å². The number of halogens is 3. The van der Waals surface area contributed by atoms with Gasteiger partial charge in [-0.25, -0.2) is 14.9 Å². The molecule has 2 heterocycles. The number of anilines is 2. The Bertz CT molecular complexity index is 1360. The van der Waals surface area contributed by atoms with Gasteiger partial charge in [-0.15, -0.1) is 0 Å². The molecule has 1 amide bonds. The summed E-state index contributed by atoms with van der Waals surface area (Å²) >= 11 is 9.72. The van der Waals surface area contributed by atoms with Crippen LogP contribution in [0.4, 0.5) is 15.8 Å². The third-order valence-electron chi connectivity index (χ3n) is 6.25. The van der Waals surface area contributed by atoms with Crippen LogP contribution in [0.15, 0.2) is 35.1 Å². The van der Waals surface area contributed by atoms with Gasteiger partial charge in [0.25, 0.3) is 5.91 Å². The third-order valence-corrected chi connectivity index (χ3v) is 7.06. The topological polar surface area (TPSA) is 80.7 Å². The summed E-state index contributed by atoms with van der Waals surface area (Å²) < 4.78 is 23.7. The second-order valence-electron chi connectivity index (χ2n) is 9.03. The summed E-state index contributed by atoms with van der Waals surface area (Å²) in [5.41, 5.74) is 3.52. The van der Waals surface area contributed by atoms with Crippen molar-refractivity contribution in [2.75, 3.05) is 44.8 Å². The Labute approximate surface area is 227 Å². The van der Waals surface area contributed by atoms with Crippen molar-refractivity contribution in [3.63, 3.8) is 0 Å². The van der Waals surface area contributed by atoms with E-state index in [4.69, 9.17) is 21.2 Å². The highest BCUT2D eigenvalue weighted by molar-refractivity contribution is 9.10. The largest absolute Gasteiger partial charge is 0.379 e.